The van der Waals surface area contributed by atoms with Crippen LogP contribution in [0.1, 0.15) is 33.4 Å². The van der Waals surface area contributed by atoms with Gasteiger partial charge in [0, 0.05) is 9.79 Å². The van der Waals surface area contributed by atoms with Crippen LogP contribution < -0.4 is 4.74 Å². The summed E-state index contributed by atoms with van der Waals surface area (Å²) in [7, 11) is 0. The zero-order valence-electron chi connectivity index (χ0n) is 18.0. The van der Waals surface area contributed by atoms with Crippen molar-refractivity contribution >= 4 is 32.0 Å². The molecule has 154 valence electrons. The molecule has 3 rings (SSSR count). The third-order valence-corrected chi connectivity index (χ3v) is 5.13. The predicted octanol–water partition coefficient (Wildman–Crippen LogP) is 7.41. The molecule has 0 radical (unpaired) electrons. The second kappa shape index (κ2) is 11.7. The predicted molar refractivity (Wildman–Crippen MR) is 129 cm³/mol. The topological polar surface area (TPSA) is 26.3 Å². The van der Waals surface area contributed by atoms with Crippen LogP contribution in [0, 0.1) is 41.5 Å². The minimum Gasteiger partial charge on any atom is -0.456 e. The largest absolute Gasteiger partial charge is 0.456 e. The summed E-state index contributed by atoms with van der Waals surface area (Å²) < 4.78 is 6.00. The highest BCUT2D eigenvalue weighted by molar-refractivity contribution is 7.80. The zero-order valence-corrected chi connectivity index (χ0v) is 19.8. The Hall–Kier alpha value is -2.17. The molecule has 3 aromatic rings. The first kappa shape index (κ1) is 24.9. The molecule has 0 saturated heterocycles. The van der Waals surface area contributed by atoms with Crippen LogP contribution in [0.4, 0.5) is 0 Å². The molecule has 0 aliphatic rings. The summed E-state index contributed by atoms with van der Waals surface area (Å²) >= 11 is 8.73. The fourth-order valence-corrected chi connectivity index (χ4v) is 3.47. The van der Waals surface area contributed by atoms with E-state index in [0.717, 1.165) is 32.4 Å². The van der Waals surface area contributed by atoms with Crippen molar-refractivity contribution in [2.24, 2.45) is 0 Å². The van der Waals surface area contributed by atoms with E-state index in [-0.39, 0.29) is 0 Å². The van der Waals surface area contributed by atoms with E-state index in [1.165, 1.54) is 22.3 Å². The van der Waals surface area contributed by atoms with Crippen LogP contribution in [0.25, 0.3) is 0 Å². The van der Waals surface area contributed by atoms with Gasteiger partial charge >= 0.3 is 0 Å². The molecule has 0 fully saturated rings. The van der Waals surface area contributed by atoms with Crippen LogP contribution in [-0.4, -0.2) is 6.79 Å². The smallest absolute Gasteiger partial charge is 0.140 e. The van der Waals surface area contributed by atoms with Crippen molar-refractivity contribution in [2.45, 2.75) is 51.3 Å². The fourth-order valence-electron chi connectivity index (χ4n) is 2.87. The average molecular weight is 427 g/mol. The molecule has 2 nitrogen and oxygen atoms in total. The molecule has 0 aromatic heterocycles. The van der Waals surface area contributed by atoms with Crippen molar-refractivity contribution in [1.29, 1.82) is 0 Å². The van der Waals surface area contributed by atoms with E-state index in [9.17, 15) is 0 Å². The number of carbonyl (C=O) groups is 1. The molecule has 0 spiro atoms. The lowest BCUT2D eigenvalue weighted by Crippen LogP contribution is -1.93. The molecule has 29 heavy (non-hydrogen) atoms. The lowest BCUT2D eigenvalue weighted by molar-refractivity contribution is -0.0979. The second-order valence-corrected chi connectivity index (χ2v) is 8.05. The first-order valence-electron chi connectivity index (χ1n) is 9.27. The van der Waals surface area contributed by atoms with Crippen LogP contribution in [0.3, 0.4) is 0 Å². The molecule has 0 unspecified atom stereocenters. The van der Waals surface area contributed by atoms with Crippen molar-refractivity contribution in [3.63, 3.8) is 0 Å². The van der Waals surface area contributed by atoms with E-state index in [2.05, 4.69) is 90.2 Å². The highest BCUT2D eigenvalue weighted by Crippen LogP contribution is 2.33. The summed E-state index contributed by atoms with van der Waals surface area (Å²) in [6.07, 6.45) is 0. The molecule has 4 heteroatoms. The minimum absolute atomic E-state index is 0.805. The lowest BCUT2D eigenvalue weighted by Gasteiger charge is -2.14. The number of aryl methyl sites for hydroxylation is 6. The third-order valence-electron chi connectivity index (χ3n) is 4.30. The average Bonchev–Trinajstić information content (AvgIpc) is 2.65. The van der Waals surface area contributed by atoms with Gasteiger partial charge in [-0.05, 0) is 82.0 Å². The molecular formula is C25H30O2S2. The van der Waals surface area contributed by atoms with Crippen molar-refractivity contribution in [3.05, 3.63) is 81.9 Å². The van der Waals surface area contributed by atoms with Gasteiger partial charge in [-0.15, -0.1) is 25.3 Å². The van der Waals surface area contributed by atoms with Crippen molar-refractivity contribution in [1.82, 2.24) is 0 Å². The van der Waals surface area contributed by atoms with Crippen molar-refractivity contribution < 1.29 is 9.53 Å². The van der Waals surface area contributed by atoms with E-state index in [0.29, 0.717) is 0 Å². The van der Waals surface area contributed by atoms with E-state index in [4.69, 9.17) is 9.53 Å². The van der Waals surface area contributed by atoms with Gasteiger partial charge in [0.05, 0.1) is 0 Å². The number of rotatable bonds is 2. The van der Waals surface area contributed by atoms with E-state index < -0.39 is 0 Å². The van der Waals surface area contributed by atoms with E-state index >= 15 is 0 Å². The first-order valence-corrected chi connectivity index (χ1v) is 10.2. The quantitative estimate of drug-likeness (QED) is 0.417. The van der Waals surface area contributed by atoms with Gasteiger partial charge < -0.3 is 9.53 Å². The van der Waals surface area contributed by atoms with E-state index in [1.54, 1.807) is 0 Å². The summed E-state index contributed by atoms with van der Waals surface area (Å²) in [5.74, 6) is 1.73. The number of hydrogen-bond donors (Lipinski definition) is 2. The molecule has 3 aromatic carbocycles. The summed E-state index contributed by atoms with van der Waals surface area (Å²) in [5, 5.41) is 0. The van der Waals surface area contributed by atoms with Crippen LogP contribution in [0.5, 0.6) is 11.5 Å². The Balaban J connectivity index is 0.000000321. The molecular weight excluding hydrogens is 396 g/mol. The number of hydrogen-bond acceptors (Lipinski definition) is 4. The molecule has 0 atom stereocenters. The highest BCUT2D eigenvalue weighted by atomic mass is 32.1. The Kier molecular flexibility index (Phi) is 10.1. The molecule has 0 aliphatic carbocycles. The molecule has 0 amide bonds. The summed E-state index contributed by atoms with van der Waals surface area (Å²) in [6, 6.07) is 16.5. The molecule has 0 heterocycles. The molecule has 0 saturated carbocycles. The maximum absolute atomic E-state index is 8.00. The number of ether oxygens (including phenoxy) is 1. The van der Waals surface area contributed by atoms with E-state index in [1.807, 2.05) is 31.9 Å². The Bertz CT molecular complexity index is 942. The standard InChI is InChI=1S/C16H18OS.C8H10S.CH2O/c1-10-5-6-14(15(18)9-10)17-16-12(3)7-11(2)8-13(16)4;1-6-3-4-7(2)8(9)5-6;1-2/h5-9,18H,1-4H3;3-5,9H,1-2H3;1H2. The van der Waals surface area contributed by atoms with Crippen molar-refractivity contribution in [2.75, 3.05) is 0 Å². The lowest BCUT2D eigenvalue weighted by atomic mass is 10.1. The third kappa shape index (κ3) is 7.64. The van der Waals surface area contributed by atoms with Gasteiger partial charge in [0.15, 0.2) is 0 Å². The van der Waals surface area contributed by atoms with Gasteiger partial charge in [0.25, 0.3) is 0 Å². The van der Waals surface area contributed by atoms with Crippen LogP contribution in [-0.2, 0) is 4.79 Å². The van der Waals surface area contributed by atoms with Gasteiger partial charge in [-0.25, -0.2) is 0 Å². The van der Waals surface area contributed by atoms with Crippen LogP contribution in [0.15, 0.2) is 58.3 Å². The fraction of sp³-hybridized carbons (Fsp3) is 0.240. The zero-order chi connectivity index (χ0) is 22.1. The summed E-state index contributed by atoms with van der Waals surface area (Å²) in [5.41, 5.74) is 7.26. The Morgan fingerprint density at radius 1 is 0.621 bits per heavy atom. The molecule has 0 N–H and O–H groups in total. The number of thiol groups is 2. The van der Waals surface area contributed by atoms with Crippen LogP contribution in [0.2, 0.25) is 0 Å². The van der Waals surface area contributed by atoms with Gasteiger partial charge in [0.2, 0.25) is 0 Å². The van der Waals surface area contributed by atoms with Crippen molar-refractivity contribution in [3.8, 4) is 11.5 Å². The van der Waals surface area contributed by atoms with Gasteiger partial charge in [-0.3, -0.25) is 0 Å². The van der Waals surface area contributed by atoms with Crippen LogP contribution >= 0.6 is 25.3 Å². The van der Waals surface area contributed by atoms with Gasteiger partial charge in [-0.1, -0.05) is 41.5 Å². The monoisotopic (exact) mass is 426 g/mol. The Morgan fingerprint density at radius 2 is 1.10 bits per heavy atom. The second-order valence-electron chi connectivity index (χ2n) is 7.09. The van der Waals surface area contributed by atoms with Gasteiger partial charge in [-0.2, -0.15) is 0 Å². The first-order chi connectivity index (χ1) is 13.7. The minimum atomic E-state index is 0.805. The highest BCUT2D eigenvalue weighted by Gasteiger charge is 2.08. The summed E-state index contributed by atoms with van der Waals surface area (Å²) in [4.78, 5) is 9.95. The summed E-state index contributed by atoms with van der Waals surface area (Å²) in [6.45, 7) is 14.4. The van der Waals surface area contributed by atoms with Gasteiger partial charge in [0.1, 0.15) is 18.3 Å². The maximum Gasteiger partial charge on any atom is 0.140 e. The molecule has 0 bridgehead atoms. The number of carbonyl (C=O) groups excluding carboxylic acids is 1. The maximum atomic E-state index is 8.00. The SMILES string of the molecule is C=O.Cc1cc(C)c(Oc2ccc(C)cc2S)c(C)c1.Cc1ccc(C)c(S)c1. The molecule has 0 aliphatic heterocycles. The normalized spacial score (nSPS) is 9.66. The number of benzene rings is 3. The Labute approximate surface area is 186 Å². The Morgan fingerprint density at radius 3 is 1.55 bits per heavy atom.